The van der Waals surface area contributed by atoms with E-state index in [9.17, 15) is 0 Å². The molecule has 2 rings (SSSR count). The van der Waals surface area contributed by atoms with Crippen molar-refractivity contribution in [2.24, 2.45) is 0 Å². The van der Waals surface area contributed by atoms with E-state index in [1.54, 1.807) is 0 Å². The lowest BCUT2D eigenvalue weighted by Crippen LogP contribution is -2.13. The zero-order chi connectivity index (χ0) is 25.5. The predicted octanol–water partition coefficient (Wildman–Crippen LogP) is 11.9. The lowest BCUT2D eigenvalue weighted by molar-refractivity contribution is 0.511. The molecule has 0 aromatic carbocycles. The Morgan fingerprint density at radius 3 is 1.75 bits per heavy atom. The van der Waals surface area contributed by atoms with Crippen molar-refractivity contribution in [3.05, 3.63) is 0 Å². The molecular weight excluding hydrogens is 429 g/mol. The molecule has 3 heteroatoms. The fraction of sp³-hybridized carbons (Fsp3) is 1.00. The Bertz CT molecular complexity index is 468. The van der Waals surface area contributed by atoms with Crippen molar-refractivity contribution in [3.63, 3.8) is 0 Å². The van der Waals surface area contributed by atoms with Crippen LogP contribution in [-0.4, -0.2) is 21.8 Å². The summed E-state index contributed by atoms with van der Waals surface area (Å²) >= 11 is 0. The quantitative estimate of drug-likeness (QED) is 0.221. The highest BCUT2D eigenvalue weighted by atomic mass is 14.1. The van der Waals surface area contributed by atoms with Gasteiger partial charge in [-0.25, -0.2) is 0 Å². The Morgan fingerprint density at radius 1 is 0.583 bits per heavy atom. The van der Waals surface area contributed by atoms with Gasteiger partial charge in [-0.1, -0.05) is 210 Å². The summed E-state index contributed by atoms with van der Waals surface area (Å²) in [5.74, 6) is 3.54. The zero-order valence-electron chi connectivity index (χ0n) is 25.1. The van der Waals surface area contributed by atoms with Crippen LogP contribution in [0.15, 0.2) is 0 Å². The molecule has 1 saturated heterocycles. The van der Waals surface area contributed by atoms with Gasteiger partial charge in [-0.3, -0.25) is 0 Å². The van der Waals surface area contributed by atoms with Gasteiger partial charge in [-0.15, -0.1) is 0 Å². The lowest BCUT2D eigenvalue weighted by Gasteiger charge is -2.24. The van der Waals surface area contributed by atoms with E-state index in [1.807, 2.05) is 0 Å². The molecule has 4 atom stereocenters. The molecule has 3 radical (unpaired) electrons. The van der Waals surface area contributed by atoms with Crippen molar-refractivity contribution in [3.8, 4) is 0 Å². The SMILES string of the molecule is C[B]C(C)CCCCCCCC1[B]C2CCCCCCCCCC([B]CCCCCCC1)CCCC2. The number of fused-ring (bicyclic) bond motifs is 5. The van der Waals surface area contributed by atoms with Crippen LogP contribution in [0.4, 0.5) is 0 Å². The monoisotopic (exact) mass is 494 g/mol. The summed E-state index contributed by atoms with van der Waals surface area (Å²) in [6.45, 7) is 4.59. The van der Waals surface area contributed by atoms with Crippen LogP contribution in [0.1, 0.15) is 174 Å². The molecule has 2 fully saturated rings. The molecule has 0 aromatic rings. The standard InChI is InChI=1S/C33H64B3/c1-30(34-2)22-14-8-6-11-17-25-32-26-18-12-7-13-21-29-35-31-23-15-9-4-3-5-10-16-27-33(36-32)28-20-19-24-31/h30-33H,3-29H2,1-2H3. The van der Waals surface area contributed by atoms with E-state index in [4.69, 9.17) is 0 Å². The molecule has 205 valence electrons. The van der Waals surface area contributed by atoms with Crippen molar-refractivity contribution in [2.45, 2.75) is 210 Å². The van der Waals surface area contributed by atoms with Crippen LogP contribution in [0.3, 0.4) is 0 Å². The van der Waals surface area contributed by atoms with Crippen LogP contribution in [0.25, 0.3) is 0 Å². The van der Waals surface area contributed by atoms with E-state index in [0.717, 1.165) is 23.3 Å². The van der Waals surface area contributed by atoms with Gasteiger partial charge >= 0.3 is 0 Å². The summed E-state index contributed by atoms with van der Waals surface area (Å²) in [6, 6.07) is 0. The van der Waals surface area contributed by atoms with E-state index in [-0.39, 0.29) is 0 Å². The molecule has 4 unspecified atom stereocenters. The molecular formula is C33H64B3. The summed E-state index contributed by atoms with van der Waals surface area (Å²) in [4.78, 5) is 0. The van der Waals surface area contributed by atoms with Crippen molar-refractivity contribution in [2.75, 3.05) is 0 Å². The molecule has 36 heavy (non-hydrogen) atoms. The largest absolute Gasteiger partial charge is 0.117 e. The summed E-state index contributed by atoms with van der Waals surface area (Å²) in [7, 11) is 8.05. The van der Waals surface area contributed by atoms with Crippen LogP contribution in [0.2, 0.25) is 36.4 Å². The zero-order valence-corrected chi connectivity index (χ0v) is 25.1. The van der Waals surface area contributed by atoms with Gasteiger partial charge in [-0.2, -0.15) is 0 Å². The first-order valence-electron chi connectivity index (χ1n) is 17.3. The molecule has 1 heterocycles. The minimum Gasteiger partial charge on any atom is -0.0917 e. The molecule has 0 spiro atoms. The van der Waals surface area contributed by atoms with E-state index in [1.165, 1.54) is 173 Å². The third kappa shape index (κ3) is 17.7. The second-order valence-electron chi connectivity index (χ2n) is 13.0. The molecule has 0 nitrogen and oxygen atoms in total. The van der Waals surface area contributed by atoms with Crippen LogP contribution >= 0.6 is 0 Å². The Morgan fingerprint density at radius 2 is 1.08 bits per heavy atom. The second-order valence-corrected chi connectivity index (χ2v) is 13.0. The maximum Gasteiger partial charge on any atom is 0.117 e. The smallest absolute Gasteiger partial charge is 0.0917 e. The molecule has 2 bridgehead atoms. The number of hydrogen-bond donors (Lipinski definition) is 0. The maximum absolute atomic E-state index is 2.92. The van der Waals surface area contributed by atoms with Crippen LogP contribution in [0, 0.1) is 0 Å². The number of rotatable bonds is 9. The topological polar surface area (TPSA) is 0 Å². The molecule has 0 amide bonds. The minimum absolute atomic E-state index is 0.811. The normalized spacial score (nSPS) is 27.4. The van der Waals surface area contributed by atoms with Crippen molar-refractivity contribution in [1.29, 1.82) is 0 Å². The second kappa shape index (κ2) is 23.1. The van der Waals surface area contributed by atoms with Gasteiger partial charge in [0.05, 0.1) is 0 Å². The first-order chi connectivity index (χ1) is 17.8. The van der Waals surface area contributed by atoms with Gasteiger partial charge in [0.15, 0.2) is 0 Å². The van der Waals surface area contributed by atoms with Gasteiger partial charge in [0.1, 0.15) is 21.8 Å². The third-order valence-electron chi connectivity index (χ3n) is 9.68. The maximum atomic E-state index is 2.92. The molecule has 1 saturated carbocycles. The highest BCUT2D eigenvalue weighted by molar-refractivity contribution is 6.39. The average Bonchev–Trinajstić information content (AvgIpc) is 2.89. The summed E-state index contributed by atoms with van der Waals surface area (Å²) in [5, 5.41) is 0. The average molecular weight is 493 g/mol. The van der Waals surface area contributed by atoms with Crippen molar-refractivity contribution >= 4 is 21.8 Å². The Hall–Kier alpha value is 0.195. The van der Waals surface area contributed by atoms with Gasteiger partial charge in [-0.05, 0) is 0 Å². The van der Waals surface area contributed by atoms with E-state index >= 15 is 0 Å². The summed E-state index contributed by atoms with van der Waals surface area (Å²) in [6.07, 6.45) is 39.7. The Balaban J connectivity index is 1.84. The fourth-order valence-electron chi connectivity index (χ4n) is 6.95. The van der Waals surface area contributed by atoms with Crippen LogP contribution < -0.4 is 0 Å². The van der Waals surface area contributed by atoms with Gasteiger partial charge in [0.25, 0.3) is 0 Å². The van der Waals surface area contributed by atoms with Crippen molar-refractivity contribution < 1.29 is 0 Å². The molecule has 2 aliphatic rings. The Labute approximate surface area is 231 Å². The van der Waals surface area contributed by atoms with Crippen LogP contribution in [0.5, 0.6) is 0 Å². The lowest BCUT2D eigenvalue weighted by atomic mass is 9.50. The molecule has 1 aliphatic carbocycles. The first kappa shape index (κ1) is 32.4. The molecule has 1 aliphatic heterocycles. The third-order valence-corrected chi connectivity index (χ3v) is 9.68. The van der Waals surface area contributed by atoms with Crippen LogP contribution in [-0.2, 0) is 0 Å². The van der Waals surface area contributed by atoms with Gasteiger partial charge in [0.2, 0.25) is 0 Å². The molecule has 0 aromatic heterocycles. The van der Waals surface area contributed by atoms with E-state index < -0.39 is 0 Å². The highest BCUT2D eigenvalue weighted by Gasteiger charge is 2.19. The van der Waals surface area contributed by atoms with Crippen molar-refractivity contribution in [1.82, 2.24) is 0 Å². The van der Waals surface area contributed by atoms with Gasteiger partial charge < -0.3 is 0 Å². The fourth-order valence-corrected chi connectivity index (χ4v) is 6.95. The number of hydrogen-bond acceptors (Lipinski definition) is 0. The summed E-state index contributed by atoms with van der Waals surface area (Å²) < 4.78 is 0. The Kier molecular flexibility index (Phi) is 20.8. The van der Waals surface area contributed by atoms with E-state index in [2.05, 4.69) is 35.6 Å². The van der Waals surface area contributed by atoms with Gasteiger partial charge in [0, 0.05) is 0 Å². The van der Waals surface area contributed by atoms with E-state index in [0.29, 0.717) is 0 Å². The number of unbranched alkanes of at least 4 members (excludes halogenated alkanes) is 4. The molecule has 0 N–H and O–H groups in total. The minimum atomic E-state index is 0.811. The first-order valence-corrected chi connectivity index (χ1v) is 17.3. The predicted molar refractivity (Wildman–Crippen MR) is 169 cm³/mol. The highest BCUT2D eigenvalue weighted by Crippen LogP contribution is 2.34. The summed E-state index contributed by atoms with van der Waals surface area (Å²) in [5.41, 5.74) is 0.